The van der Waals surface area contributed by atoms with Crippen LogP contribution in [0.1, 0.15) is 70.3 Å². The Kier molecular flexibility index (Phi) is 11.1. The minimum atomic E-state index is -1.04. The van der Waals surface area contributed by atoms with Crippen molar-refractivity contribution in [3.63, 3.8) is 0 Å². The molecule has 2 amide bonds. The van der Waals surface area contributed by atoms with Crippen LogP contribution in [0.3, 0.4) is 0 Å². The minimum absolute atomic E-state index is 0.190. The molecule has 1 aliphatic carbocycles. The fourth-order valence-electron chi connectivity index (χ4n) is 4.41. The van der Waals surface area contributed by atoms with E-state index < -0.39 is 23.8 Å². The van der Waals surface area contributed by atoms with Crippen molar-refractivity contribution in [2.24, 2.45) is 11.0 Å². The van der Waals surface area contributed by atoms with E-state index in [1.54, 1.807) is 49.4 Å². The van der Waals surface area contributed by atoms with Crippen molar-refractivity contribution in [2.45, 2.75) is 46.5 Å². The van der Waals surface area contributed by atoms with E-state index in [4.69, 9.17) is 14.2 Å². The number of carbonyl (C=O) groups excluding carboxylic acids is 4. The van der Waals surface area contributed by atoms with Crippen molar-refractivity contribution in [1.82, 2.24) is 5.43 Å². The lowest BCUT2D eigenvalue weighted by atomic mass is 9.88. The standard InChI is InChI=1S/C31H32BrN3O7S/c1-4-14-41-22-10-7-19(8-11-22)30(38)42-24-13-9-21(32)16-20(24)17-33-35-28(37)27(36)34-29-26(31(39)40-5-2)23-12-6-18(3)15-25(23)43-29/h7-11,13,16-18H,4-6,12,14-15H2,1-3H3,(H,34,36)(H,35,37)/b33-17+. The topological polar surface area (TPSA) is 132 Å². The van der Waals surface area contributed by atoms with Crippen LogP contribution in [-0.2, 0) is 27.2 Å². The first kappa shape index (κ1) is 31.9. The predicted molar refractivity (Wildman–Crippen MR) is 167 cm³/mol. The fourth-order valence-corrected chi connectivity index (χ4v) is 6.18. The number of esters is 2. The molecular formula is C31H32BrN3O7S. The number of hydrogen-bond donors (Lipinski definition) is 2. The van der Waals surface area contributed by atoms with Crippen LogP contribution >= 0.6 is 27.3 Å². The molecule has 1 aliphatic rings. The Morgan fingerprint density at radius 3 is 2.56 bits per heavy atom. The van der Waals surface area contributed by atoms with E-state index in [1.165, 1.54) is 17.6 Å². The largest absolute Gasteiger partial charge is 0.494 e. The average Bonchev–Trinajstić information content (AvgIpc) is 3.34. The smallest absolute Gasteiger partial charge is 0.343 e. The Labute approximate surface area is 261 Å². The van der Waals surface area contributed by atoms with Crippen molar-refractivity contribution in [1.29, 1.82) is 0 Å². The first-order valence-electron chi connectivity index (χ1n) is 13.9. The molecule has 0 aliphatic heterocycles. The molecule has 0 fully saturated rings. The van der Waals surface area contributed by atoms with Crippen LogP contribution in [0.5, 0.6) is 11.5 Å². The summed E-state index contributed by atoms with van der Waals surface area (Å²) in [6.45, 7) is 6.62. The van der Waals surface area contributed by atoms with Crippen LogP contribution < -0.4 is 20.2 Å². The molecule has 0 radical (unpaired) electrons. The Morgan fingerprint density at radius 2 is 1.84 bits per heavy atom. The molecule has 0 bridgehead atoms. The first-order chi connectivity index (χ1) is 20.7. The van der Waals surface area contributed by atoms with Crippen molar-refractivity contribution >= 4 is 62.2 Å². The predicted octanol–water partition coefficient (Wildman–Crippen LogP) is 5.91. The molecule has 2 aromatic carbocycles. The number of ether oxygens (including phenoxy) is 3. The number of hydrogen-bond acceptors (Lipinski definition) is 9. The van der Waals surface area contributed by atoms with Gasteiger partial charge in [-0.25, -0.2) is 15.0 Å². The summed E-state index contributed by atoms with van der Waals surface area (Å²) in [6, 6.07) is 11.5. The van der Waals surface area contributed by atoms with Crippen LogP contribution in [0.15, 0.2) is 52.0 Å². The van der Waals surface area contributed by atoms with E-state index in [2.05, 4.69) is 38.7 Å². The van der Waals surface area contributed by atoms with Crippen LogP contribution in [0.4, 0.5) is 5.00 Å². The second-order valence-corrected chi connectivity index (χ2v) is 11.9. The lowest BCUT2D eigenvalue weighted by molar-refractivity contribution is -0.136. The highest BCUT2D eigenvalue weighted by Crippen LogP contribution is 2.40. The Balaban J connectivity index is 1.42. The summed E-state index contributed by atoms with van der Waals surface area (Å²) in [5.74, 6) is -1.84. The van der Waals surface area contributed by atoms with Gasteiger partial charge in [0.25, 0.3) is 0 Å². The molecule has 0 saturated heterocycles. The van der Waals surface area contributed by atoms with Gasteiger partial charge in [-0.3, -0.25) is 9.59 Å². The zero-order chi connectivity index (χ0) is 30.9. The second-order valence-electron chi connectivity index (χ2n) is 9.87. The number of anilines is 1. The molecule has 0 saturated carbocycles. The van der Waals surface area contributed by atoms with E-state index in [1.807, 2.05) is 6.92 Å². The van der Waals surface area contributed by atoms with Gasteiger partial charge in [0.2, 0.25) is 0 Å². The number of thiophene rings is 1. The van der Waals surface area contributed by atoms with E-state index in [-0.39, 0.29) is 17.4 Å². The number of benzene rings is 2. The third kappa shape index (κ3) is 8.29. The number of carbonyl (C=O) groups is 4. The maximum atomic E-state index is 12.8. The molecule has 4 rings (SSSR count). The van der Waals surface area contributed by atoms with Gasteiger partial charge in [0.1, 0.15) is 16.5 Å². The Morgan fingerprint density at radius 1 is 1.07 bits per heavy atom. The molecule has 1 heterocycles. The van der Waals surface area contributed by atoms with E-state index in [0.29, 0.717) is 45.9 Å². The van der Waals surface area contributed by atoms with Gasteiger partial charge in [0.15, 0.2) is 0 Å². The van der Waals surface area contributed by atoms with Crippen molar-refractivity contribution in [3.8, 4) is 11.5 Å². The fraction of sp³-hybridized carbons (Fsp3) is 0.323. The van der Waals surface area contributed by atoms with E-state index >= 15 is 0 Å². The van der Waals surface area contributed by atoms with Gasteiger partial charge in [-0.1, -0.05) is 29.8 Å². The maximum absolute atomic E-state index is 12.8. The number of amides is 2. The zero-order valence-corrected chi connectivity index (χ0v) is 26.4. The summed E-state index contributed by atoms with van der Waals surface area (Å²) in [6.07, 6.45) is 4.54. The molecular weight excluding hydrogens is 638 g/mol. The third-order valence-corrected chi connectivity index (χ3v) is 8.19. The highest BCUT2D eigenvalue weighted by molar-refractivity contribution is 9.10. The SMILES string of the molecule is CCCOc1ccc(C(=O)Oc2ccc(Br)cc2/C=N/NC(=O)C(=O)Nc2sc3c(c2C(=O)OCC)CCC(C)C3)cc1. The van der Waals surface area contributed by atoms with Gasteiger partial charge < -0.3 is 19.5 Å². The summed E-state index contributed by atoms with van der Waals surface area (Å²) >= 11 is 4.66. The molecule has 226 valence electrons. The van der Waals surface area contributed by atoms with Crippen molar-refractivity contribution < 1.29 is 33.4 Å². The van der Waals surface area contributed by atoms with Crippen LogP contribution in [0.2, 0.25) is 0 Å². The van der Waals surface area contributed by atoms with E-state index in [9.17, 15) is 19.2 Å². The normalized spacial score (nSPS) is 14.1. The number of rotatable bonds is 10. The number of nitrogens with zero attached hydrogens (tertiary/aromatic N) is 1. The maximum Gasteiger partial charge on any atom is 0.343 e. The van der Waals surface area contributed by atoms with Crippen LogP contribution in [0.25, 0.3) is 0 Å². The van der Waals surface area contributed by atoms with Gasteiger partial charge >= 0.3 is 23.8 Å². The lowest BCUT2D eigenvalue weighted by Crippen LogP contribution is -2.32. The van der Waals surface area contributed by atoms with Gasteiger partial charge in [0.05, 0.1) is 30.6 Å². The second kappa shape index (κ2) is 14.9. The first-order valence-corrected chi connectivity index (χ1v) is 15.5. The number of hydrazone groups is 1. The molecule has 1 aromatic heterocycles. The summed E-state index contributed by atoms with van der Waals surface area (Å²) in [7, 11) is 0. The molecule has 43 heavy (non-hydrogen) atoms. The van der Waals surface area contributed by atoms with Crippen molar-refractivity contribution in [3.05, 3.63) is 74.1 Å². The zero-order valence-electron chi connectivity index (χ0n) is 24.0. The molecule has 10 nitrogen and oxygen atoms in total. The molecule has 1 unspecified atom stereocenters. The van der Waals surface area contributed by atoms with Gasteiger partial charge in [0, 0.05) is 14.9 Å². The number of fused-ring (bicyclic) bond motifs is 1. The molecule has 12 heteroatoms. The molecule has 3 aromatic rings. The average molecular weight is 671 g/mol. The molecule has 0 spiro atoms. The summed E-state index contributed by atoms with van der Waals surface area (Å²) in [4.78, 5) is 51.8. The highest BCUT2D eigenvalue weighted by atomic mass is 79.9. The molecule has 1 atom stereocenters. The number of nitrogens with one attached hydrogen (secondary N) is 2. The highest BCUT2D eigenvalue weighted by Gasteiger charge is 2.30. The Bertz CT molecular complexity index is 1530. The Hall–Kier alpha value is -4.03. The third-order valence-electron chi connectivity index (χ3n) is 6.53. The van der Waals surface area contributed by atoms with Crippen LogP contribution in [0, 0.1) is 5.92 Å². The van der Waals surface area contributed by atoms with E-state index in [0.717, 1.165) is 29.7 Å². The summed E-state index contributed by atoms with van der Waals surface area (Å²) < 4.78 is 17.0. The van der Waals surface area contributed by atoms with Gasteiger partial charge in [-0.05, 0) is 86.6 Å². The number of halogens is 1. The summed E-state index contributed by atoms with van der Waals surface area (Å²) in [5, 5.41) is 6.73. The lowest BCUT2D eigenvalue weighted by Gasteiger charge is -2.18. The summed E-state index contributed by atoms with van der Waals surface area (Å²) in [5.41, 5.74) is 4.06. The van der Waals surface area contributed by atoms with Crippen molar-refractivity contribution in [2.75, 3.05) is 18.5 Å². The quantitative estimate of drug-likeness (QED) is 0.0902. The van der Waals surface area contributed by atoms with Crippen LogP contribution in [-0.4, -0.2) is 43.2 Å². The van der Waals surface area contributed by atoms with Gasteiger partial charge in [-0.15, -0.1) is 11.3 Å². The minimum Gasteiger partial charge on any atom is -0.494 e. The monoisotopic (exact) mass is 669 g/mol. The van der Waals surface area contributed by atoms with Gasteiger partial charge in [-0.2, -0.15) is 5.10 Å². The molecule has 2 N–H and O–H groups in total.